The molecule has 0 fully saturated rings. The van der Waals surface area contributed by atoms with Gasteiger partial charge in [-0.15, -0.1) is 0 Å². The maximum absolute atomic E-state index is 13.4. The third kappa shape index (κ3) is 3.78. The van der Waals surface area contributed by atoms with Gasteiger partial charge in [0.1, 0.15) is 17.1 Å². The fourth-order valence-electron chi connectivity index (χ4n) is 2.00. The number of halogens is 1. The first kappa shape index (κ1) is 16.8. The van der Waals surface area contributed by atoms with Crippen LogP contribution in [0, 0.1) is 12.7 Å². The van der Waals surface area contributed by atoms with Crippen LogP contribution in [0.1, 0.15) is 15.9 Å². The minimum absolute atomic E-state index is 0.00752. The van der Waals surface area contributed by atoms with E-state index in [-0.39, 0.29) is 21.9 Å². The molecule has 0 radical (unpaired) electrons. The number of ether oxygens (including phenoxy) is 1. The van der Waals surface area contributed by atoms with Crippen molar-refractivity contribution in [3.8, 4) is 5.75 Å². The molecule has 0 bridgehead atoms. The van der Waals surface area contributed by atoms with E-state index in [1.54, 1.807) is 6.92 Å². The molecule has 0 atom stereocenters. The summed E-state index contributed by atoms with van der Waals surface area (Å²) in [6.07, 6.45) is 0. The maximum Gasteiger partial charge on any atom is 0.339 e. The first-order chi connectivity index (χ1) is 10.7. The number of aryl methyl sites for hydroxylation is 1. The highest BCUT2D eigenvalue weighted by molar-refractivity contribution is 7.92. The highest BCUT2D eigenvalue weighted by atomic mass is 32.2. The second kappa shape index (κ2) is 6.25. The molecule has 2 aromatic carbocycles. The molecule has 0 aliphatic rings. The summed E-state index contributed by atoms with van der Waals surface area (Å²) in [7, 11) is -2.74. The molecule has 6 nitrogen and oxygen atoms in total. The molecule has 0 unspecified atom stereocenters. The number of sulfonamides is 1. The monoisotopic (exact) mass is 339 g/mol. The number of aromatic carboxylic acids is 1. The number of nitrogens with one attached hydrogen (secondary N) is 1. The Kier molecular flexibility index (Phi) is 4.55. The molecule has 0 amide bonds. The number of carbonyl (C=O) groups is 1. The smallest absolute Gasteiger partial charge is 0.339 e. The Hall–Kier alpha value is -2.61. The van der Waals surface area contributed by atoms with Crippen LogP contribution in [-0.4, -0.2) is 26.6 Å². The van der Waals surface area contributed by atoms with E-state index in [1.165, 1.54) is 37.4 Å². The second-order valence-electron chi connectivity index (χ2n) is 4.79. The van der Waals surface area contributed by atoms with Gasteiger partial charge in [0.25, 0.3) is 10.0 Å². The Bertz CT molecular complexity index is 844. The minimum Gasteiger partial charge on any atom is -0.496 e. The van der Waals surface area contributed by atoms with Crippen molar-refractivity contribution >= 4 is 21.7 Å². The maximum atomic E-state index is 13.4. The van der Waals surface area contributed by atoms with Crippen LogP contribution in [0.25, 0.3) is 0 Å². The number of rotatable bonds is 5. The molecular weight excluding hydrogens is 325 g/mol. The Morgan fingerprint density at radius 3 is 2.48 bits per heavy atom. The van der Waals surface area contributed by atoms with Gasteiger partial charge in [0.15, 0.2) is 0 Å². The van der Waals surface area contributed by atoms with Crippen molar-refractivity contribution in [2.24, 2.45) is 0 Å². The van der Waals surface area contributed by atoms with Crippen LogP contribution in [0.3, 0.4) is 0 Å². The predicted octanol–water partition coefficient (Wildman–Crippen LogP) is 2.64. The molecule has 0 saturated carbocycles. The Morgan fingerprint density at radius 1 is 1.22 bits per heavy atom. The van der Waals surface area contributed by atoms with Crippen LogP contribution in [0.5, 0.6) is 5.75 Å². The Labute approximate surface area is 132 Å². The minimum atomic E-state index is -4.01. The standard InChI is InChI=1S/C15H14FNO5S/c1-9-5-10(16)7-12(6-9)23(20,21)17-11-3-4-13(15(18)19)14(8-11)22-2/h3-8,17H,1-2H3,(H,18,19). The van der Waals surface area contributed by atoms with Gasteiger partial charge in [0.05, 0.1) is 17.7 Å². The van der Waals surface area contributed by atoms with Gasteiger partial charge in [-0.1, -0.05) is 0 Å². The van der Waals surface area contributed by atoms with Crippen molar-refractivity contribution in [2.75, 3.05) is 11.8 Å². The van der Waals surface area contributed by atoms with E-state index in [4.69, 9.17) is 9.84 Å². The van der Waals surface area contributed by atoms with Gasteiger partial charge in [-0.25, -0.2) is 17.6 Å². The number of hydrogen-bond donors (Lipinski definition) is 2. The molecule has 0 saturated heterocycles. The number of benzene rings is 2. The zero-order valence-corrected chi connectivity index (χ0v) is 13.1. The normalized spacial score (nSPS) is 11.1. The van der Waals surface area contributed by atoms with Gasteiger partial charge in [-0.3, -0.25) is 4.72 Å². The van der Waals surface area contributed by atoms with Crippen LogP contribution < -0.4 is 9.46 Å². The van der Waals surface area contributed by atoms with Crippen LogP contribution in [0.2, 0.25) is 0 Å². The zero-order chi connectivity index (χ0) is 17.2. The molecule has 23 heavy (non-hydrogen) atoms. The Balaban J connectivity index is 2.39. The molecule has 2 rings (SSSR count). The number of hydrogen-bond acceptors (Lipinski definition) is 4. The quantitative estimate of drug-likeness (QED) is 0.873. The van der Waals surface area contributed by atoms with E-state index >= 15 is 0 Å². The molecule has 0 spiro atoms. The van der Waals surface area contributed by atoms with Crippen molar-refractivity contribution < 1.29 is 27.4 Å². The first-order valence-electron chi connectivity index (χ1n) is 6.44. The van der Waals surface area contributed by atoms with Crippen molar-refractivity contribution in [2.45, 2.75) is 11.8 Å². The molecule has 2 N–H and O–H groups in total. The van der Waals surface area contributed by atoms with Crippen LogP contribution in [0.15, 0.2) is 41.3 Å². The van der Waals surface area contributed by atoms with E-state index in [1.807, 2.05) is 0 Å². The van der Waals surface area contributed by atoms with Gasteiger partial charge in [-0.2, -0.15) is 0 Å². The number of methoxy groups -OCH3 is 1. The van der Waals surface area contributed by atoms with Crippen LogP contribution >= 0.6 is 0 Å². The lowest BCUT2D eigenvalue weighted by Crippen LogP contribution is -2.14. The van der Waals surface area contributed by atoms with Gasteiger partial charge in [-0.05, 0) is 42.8 Å². The lowest BCUT2D eigenvalue weighted by molar-refractivity contribution is 0.0693. The van der Waals surface area contributed by atoms with Crippen LogP contribution in [0.4, 0.5) is 10.1 Å². The van der Waals surface area contributed by atoms with E-state index in [0.29, 0.717) is 5.56 Å². The second-order valence-corrected chi connectivity index (χ2v) is 6.47. The van der Waals surface area contributed by atoms with Gasteiger partial charge in [0.2, 0.25) is 0 Å². The van der Waals surface area contributed by atoms with Gasteiger partial charge < -0.3 is 9.84 Å². The molecule has 8 heteroatoms. The molecular formula is C15H14FNO5S. The average molecular weight is 339 g/mol. The number of anilines is 1. The van der Waals surface area contributed by atoms with E-state index in [0.717, 1.165) is 6.07 Å². The summed E-state index contributed by atoms with van der Waals surface area (Å²) in [4.78, 5) is 10.8. The fourth-order valence-corrected chi connectivity index (χ4v) is 3.17. The summed E-state index contributed by atoms with van der Waals surface area (Å²) >= 11 is 0. The highest BCUT2D eigenvalue weighted by Gasteiger charge is 2.18. The van der Waals surface area contributed by atoms with Crippen molar-refractivity contribution in [1.29, 1.82) is 0 Å². The Morgan fingerprint density at radius 2 is 1.91 bits per heavy atom. The largest absolute Gasteiger partial charge is 0.496 e. The lowest BCUT2D eigenvalue weighted by Gasteiger charge is -2.11. The third-order valence-corrected chi connectivity index (χ3v) is 4.37. The summed E-state index contributed by atoms with van der Waals surface area (Å²) in [5.74, 6) is -1.85. The summed E-state index contributed by atoms with van der Waals surface area (Å²) < 4.78 is 45.2. The number of carboxylic acids is 1. The van der Waals surface area contributed by atoms with Crippen molar-refractivity contribution in [1.82, 2.24) is 0 Å². The average Bonchev–Trinajstić information content (AvgIpc) is 2.45. The summed E-state index contributed by atoms with van der Waals surface area (Å²) in [6.45, 7) is 1.58. The topological polar surface area (TPSA) is 92.7 Å². The van der Waals surface area contributed by atoms with Gasteiger partial charge >= 0.3 is 5.97 Å². The highest BCUT2D eigenvalue weighted by Crippen LogP contribution is 2.25. The molecule has 0 heterocycles. The number of carboxylic acid groups (broad SMARTS) is 1. The van der Waals surface area contributed by atoms with Crippen molar-refractivity contribution in [3.63, 3.8) is 0 Å². The van der Waals surface area contributed by atoms with E-state index < -0.39 is 21.8 Å². The van der Waals surface area contributed by atoms with E-state index in [9.17, 15) is 17.6 Å². The van der Waals surface area contributed by atoms with Crippen LogP contribution in [-0.2, 0) is 10.0 Å². The predicted molar refractivity (Wildman–Crippen MR) is 81.9 cm³/mol. The zero-order valence-electron chi connectivity index (χ0n) is 12.3. The summed E-state index contributed by atoms with van der Waals surface area (Å²) in [5.41, 5.74) is 0.468. The SMILES string of the molecule is COc1cc(NS(=O)(=O)c2cc(C)cc(F)c2)ccc1C(=O)O. The molecule has 0 aliphatic heterocycles. The summed E-state index contributed by atoms with van der Waals surface area (Å²) in [5, 5.41) is 9.00. The first-order valence-corrected chi connectivity index (χ1v) is 7.92. The summed E-state index contributed by atoms with van der Waals surface area (Å²) in [6, 6.07) is 7.19. The lowest BCUT2D eigenvalue weighted by atomic mass is 10.2. The molecule has 0 aliphatic carbocycles. The third-order valence-electron chi connectivity index (χ3n) is 3.01. The molecule has 2 aromatic rings. The molecule has 0 aromatic heterocycles. The van der Waals surface area contributed by atoms with Crippen molar-refractivity contribution in [3.05, 3.63) is 53.3 Å². The fraction of sp³-hybridized carbons (Fsp3) is 0.133. The molecule has 122 valence electrons. The van der Waals surface area contributed by atoms with E-state index in [2.05, 4.69) is 4.72 Å². The van der Waals surface area contributed by atoms with Gasteiger partial charge in [0, 0.05) is 6.07 Å².